The molecule has 19 heavy (non-hydrogen) atoms. The van der Waals surface area contributed by atoms with Crippen LogP contribution in [0, 0.1) is 6.92 Å². The van der Waals surface area contributed by atoms with Gasteiger partial charge in [0.25, 0.3) is 5.91 Å². The zero-order valence-corrected chi connectivity index (χ0v) is 10.8. The van der Waals surface area contributed by atoms with Crippen LogP contribution in [0.3, 0.4) is 0 Å². The standard InChI is InChI=1S/C14H15N3O2/c1-9-7-13(15)12(8-16-9)14(18)17-10-3-5-11(19-2)6-4-10/h3-8H,1-2H3,(H2,15,16)(H,17,18). The lowest BCUT2D eigenvalue weighted by atomic mass is 10.2. The van der Waals surface area contributed by atoms with Crippen molar-refractivity contribution in [1.82, 2.24) is 4.98 Å². The van der Waals surface area contributed by atoms with E-state index < -0.39 is 0 Å². The molecule has 0 unspecified atom stereocenters. The van der Waals surface area contributed by atoms with Crippen LogP contribution in [0.15, 0.2) is 36.5 Å². The van der Waals surface area contributed by atoms with E-state index in [4.69, 9.17) is 10.5 Å². The quantitative estimate of drug-likeness (QED) is 0.884. The van der Waals surface area contributed by atoms with Gasteiger partial charge in [-0.3, -0.25) is 9.78 Å². The first kappa shape index (κ1) is 12.9. The zero-order valence-electron chi connectivity index (χ0n) is 10.8. The smallest absolute Gasteiger partial charge is 0.259 e. The first-order valence-corrected chi connectivity index (χ1v) is 5.77. The Morgan fingerprint density at radius 2 is 2.00 bits per heavy atom. The van der Waals surface area contributed by atoms with Crippen molar-refractivity contribution in [3.05, 3.63) is 47.8 Å². The molecule has 2 aromatic rings. The monoisotopic (exact) mass is 257 g/mol. The zero-order chi connectivity index (χ0) is 13.8. The number of ether oxygens (including phenoxy) is 1. The number of hydrogen-bond acceptors (Lipinski definition) is 4. The molecule has 2 rings (SSSR count). The van der Waals surface area contributed by atoms with E-state index in [0.717, 1.165) is 11.4 Å². The number of methoxy groups -OCH3 is 1. The minimum absolute atomic E-state index is 0.282. The summed E-state index contributed by atoms with van der Waals surface area (Å²) in [7, 11) is 1.59. The van der Waals surface area contributed by atoms with Crippen LogP contribution in [-0.2, 0) is 0 Å². The Hall–Kier alpha value is -2.56. The van der Waals surface area contributed by atoms with Gasteiger partial charge in [0.05, 0.1) is 12.7 Å². The van der Waals surface area contributed by atoms with E-state index in [-0.39, 0.29) is 5.91 Å². The van der Waals surface area contributed by atoms with Crippen molar-refractivity contribution in [2.45, 2.75) is 6.92 Å². The first-order chi connectivity index (χ1) is 9.10. The van der Waals surface area contributed by atoms with Crippen molar-refractivity contribution in [2.75, 3.05) is 18.2 Å². The third kappa shape index (κ3) is 3.01. The fraction of sp³-hybridized carbons (Fsp3) is 0.143. The molecule has 0 saturated carbocycles. The highest BCUT2D eigenvalue weighted by atomic mass is 16.5. The number of carbonyl (C=O) groups excluding carboxylic acids is 1. The first-order valence-electron chi connectivity index (χ1n) is 5.77. The van der Waals surface area contributed by atoms with E-state index in [1.54, 1.807) is 37.4 Å². The van der Waals surface area contributed by atoms with Gasteiger partial charge in [-0.2, -0.15) is 0 Å². The molecular weight excluding hydrogens is 242 g/mol. The third-order valence-electron chi connectivity index (χ3n) is 2.67. The van der Waals surface area contributed by atoms with Crippen LogP contribution in [0.5, 0.6) is 5.75 Å². The maximum absolute atomic E-state index is 12.0. The molecule has 0 aliphatic rings. The maximum atomic E-state index is 12.0. The number of anilines is 2. The maximum Gasteiger partial charge on any atom is 0.259 e. The second-order valence-corrected chi connectivity index (χ2v) is 4.10. The molecule has 0 aliphatic heterocycles. The van der Waals surface area contributed by atoms with Crippen LogP contribution in [0.25, 0.3) is 0 Å². The number of nitrogens with one attached hydrogen (secondary N) is 1. The summed E-state index contributed by atoms with van der Waals surface area (Å²) in [5.74, 6) is 0.449. The van der Waals surface area contributed by atoms with Crippen LogP contribution >= 0.6 is 0 Å². The SMILES string of the molecule is COc1ccc(NC(=O)c2cnc(C)cc2N)cc1. The van der Waals surface area contributed by atoms with E-state index in [0.29, 0.717) is 16.9 Å². The summed E-state index contributed by atoms with van der Waals surface area (Å²) in [6.07, 6.45) is 1.48. The highest BCUT2D eigenvalue weighted by Gasteiger charge is 2.10. The average molecular weight is 257 g/mol. The van der Waals surface area contributed by atoms with Crippen LogP contribution in [0.2, 0.25) is 0 Å². The number of carbonyl (C=O) groups is 1. The van der Waals surface area contributed by atoms with E-state index in [1.165, 1.54) is 6.20 Å². The minimum Gasteiger partial charge on any atom is -0.497 e. The lowest BCUT2D eigenvalue weighted by Crippen LogP contribution is -2.14. The van der Waals surface area contributed by atoms with Crippen LogP contribution < -0.4 is 15.8 Å². The Bertz CT molecular complexity index is 594. The summed E-state index contributed by atoms with van der Waals surface area (Å²) < 4.78 is 5.05. The van der Waals surface area contributed by atoms with Gasteiger partial charge in [-0.05, 0) is 37.3 Å². The molecule has 5 nitrogen and oxygen atoms in total. The van der Waals surface area contributed by atoms with Gasteiger partial charge in [0.15, 0.2) is 0 Å². The van der Waals surface area contributed by atoms with Gasteiger partial charge in [0, 0.05) is 23.3 Å². The van der Waals surface area contributed by atoms with Gasteiger partial charge in [-0.15, -0.1) is 0 Å². The number of hydrogen-bond donors (Lipinski definition) is 2. The number of nitrogens with two attached hydrogens (primary N) is 1. The lowest BCUT2D eigenvalue weighted by Gasteiger charge is -2.08. The number of benzene rings is 1. The van der Waals surface area contributed by atoms with Crippen molar-refractivity contribution in [3.63, 3.8) is 0 Å². The number of aryl methyl sites for hydroxylation is 1. The number of rotatable bonds is 3. The van der Waals surface area contributed by atoms with Crippen molar-refractivity contribution in [3.8, 4) is 5.75 Å². The van der Waals surface area contributed by atoms with Crippen molar-refractivity contribution in [2.24, 2.45) is 0 Å². The van der Waals surface area contributed by atoms with Crippen molar-refractivity contribution >= 4 is 17.3 Å². The molecule has 1 heterocycles. The summed E-state index contributed by atoms with van der Waals surface area (Å²) in [6, 6.07) is 8.73. The molecule has 3 N–H and O–H groups in total. The summed E-state index contributed by atoms with van der Waals surface area (Å²) >= 11 is 0. The lowest BCUT2D eigenvalue weighted by molar-refractivity contribution is 0.102. The summed E-state index contributed by atoms with van der Waals surface area (Å²) in [4.78, 5) is 16.1. The molecule has 0 atom stereocenters. The number of nitrogens with zero attached hydrogens (tertiary/aromatic N) is 1. The van der Waals surface area contributed by atoms with E-state index in [9.17, 15) is 4.79 Å². The molecular formula is C14H15N3O2. The predicted molar refractivity (Wildman–Crippen MR) is 74.3 cm³/mol. The molecule has 0 radical (unpaired) electrons. The van der Waals surface area contributed by atoms with Crippen LogP contribution in [0.1, 0.15) is 16.1 Å². The Morgan fingerprint density at radius 1 is 1.32 bits per heavy atom. The molecule has 5 heteroatoms. The van der Waals surface area contributed by atoms with Crippen LogP contribution in [0.4, 0.5) is 11.4 Å². The van der Waals surface area contributed by atoms with Gasteiger partial charge < -0.3 is 15.8 Å². The third-order valence-corrected chi connectivity index (χ3v) is 2.67. The van der Waals surface area contributed by atoms with E-state index in [1.807, 2.05) is 6.92 Å². The Labute approximate surface area is 111 Å². The van der Waals surface area contributed by atoms with Gasteiger partial charge in [0.2, 0.25) is 0 Å². The summed E-state index contributed by atoms with van der Waals surface area (Å²) in [5.41, 5.74) is 8.03. The number of amides is 1. The Morgan fingerprint density at radius 3 is 2.58 bits per heavy atom. The van der Waals surface area contributed by atoms with E-state index in [2.05, 4.69) is 10.3 Å². The fourth-order valence-electron chi connectivity index (χ4n) is 1.64. The molecule has 0 saturated heterocycles. The van der Waals surface area contributed by atoms with Gasteiger partial charge >= 0.3 is 0 Å². The van der Waals surface area contributed by atoms with Crippen molar-refractivity contribution in [1.29, 1.82) is 0 Å². The molecule has 1 aromatic heterocycles. The summed E-state index contributed by atoms with van der Waals surface area (Å²) in [6.45, 7) is 1.82. The molecule has 0 fully saturated rings. The Balaban J connectivity index is 2.15. The van der Waals surface area contributed by atoms with Crippen molar-refractivity contribution < 1.29 is 9.53 Å². The average Bonchev–Trinajstić information content (AvgIpc) is 2.39. The highest BCUT2D eigenvalue weighted by Crippen LogP contribution is 2.17. The van der Waals surface area contributed by atoms with E-state index >= 15 is 0 Å². The molecule has 98 valence electrons. The second-order valence-electron chi connectivity index (χ2n) is 4.10. The predicted octanol–water partition coefficient (Wildman–Crippen LogP) is 2.23. The molecule has 0 aliphatic carbocycles. The molecule has 0 spiro atoms. The van der Waals surface area contributed by atoms with Gasteiger partial charge in [-0.1, -0.05) is 0 Å². The topological polar surface area (TPSA) is 77.2 Å². The number of aromatic nitrogens is 1. The second kappa shape index (κ2) is 5.39. The molecule has 0 bridgehead atoms. The van der Waals surface area contributed by atoms with Gasteiger partial charge in [0.1, 0.15) is 5.75 Å². The number of pyridine rings is 1. The fourth-order valence-corrected chi connectivity index (χ4v) is 1.64. The molecule has 1 aromatic carbocycles. The van der Waals surface area contributed by atoms with Gasteiger partial charge in [-0.25, -0.2) is 0 Å². The summed E-state index contributed by atoms with van der Waals surface area (Å²) in [5, 5.41) is 2.76. The number of nitrogen functional groups attached to an aromatic ring is 1. The highest BCUT2D eigenvalue weighted by molar-refractivity contribution is 6.07. The minimum atomic E-state index is -0.282. The molecule has 1 amide bonds. The Kier molecular flexibility index (Phi) is 3.66. The normalized spacial score (nSPS) is 10.0. The van der Waals surface area contributed by atoms with Crippen LogP contribution in [-0.4, -0.2) is 18.0 Å². The largest absolute Gasteiger partial charge is 0.497 e.